The molecular formula is C23H18N2O5. The van der Waals surface area contributed by atoms with Gasteiger partial charge in [0.2, 0.25) is 5.88 Å². The molecule has 0 saturated heterocycles. The molecule has 7 nitrogen and oxygen atoms in total. The summed E-state index contributed by atoms with van der Waals surface area (Å²) in [6.45, 7) is 1.98. The van der Waals surface area contributed by atoms with Crippen LogP contribution in [-0.2, 0) is 9.53 Å². The topological polar surface area (TPSA) is 101 Å². The van der Waals surface area contributed by atoms with E-state index in [-0.39, 0.29) is 23.8 Å². The minimum atomic E-state index is -0.547. The van der Waals surface area contributed by atoms with Crippen LogP contribution in [0.25, 0.3) is 23.4 Å². The van der Waals surface area contributed by atoms with Crippen molar-refractivity contribution in [2.24, 2.45) is 0 Å². The molecule has 0 unspecified atom stereocenters. The Morgan fingerprint density at radius 2 is 1.83 bits per heavy atom. The van der Waals surface area contributed by atoms with Crippen LogP contribution in [0.2, 0.25) is 0 Å². The number of nitrogens with one attached hydrogen (secondary N) is 1. The molecule has 1 aromatic heterocycles. The summed E-state index contributed by atoms with van der Waals surface area (Å²) < 4.78 is 6.14. The summed E-state index contributed by atoms with van der Waals surface area (Å²) in [5.74, 6) is -1.04. The summed E-state index contributed by atoms with van der Waals surface area (Å²) in [7, 11) is 0. The lowest BCUT2D eigenvalue weighted by Crippen LogP contribution is -2.08. The zero-order valence-corrected chi connectivity index (χ0v) is 16.1. The van der Waals surface area contributed by atoms with Gasteiger partial charge in [0.25, 0.3) is 5.56 Å². The molecule has 30 heavy (non-hydrogen) atoms. The minimum Gasteiger partial charge on any atom is -0.493 e. The highest BCUT2D eigenvalue weighted by Crippen LogP contribution is 2.30. The number of carbonyl (C=O) groups is 2. The number of aromatic nitrogens is 2. The maximum absolute atomic E-state index is 12.5. The lowest BCUT2D eigenvalue weighted by molar-refractivity contribution is -0.109. The van der Waals surface area contributed by atoms with Gasteiger partial charge in [-0.1, -0.05) is 30.3 Å². The summed E-state index contributed by atoms with van der Waals surface area (Å²) in [6, 6.07) is 13.5. The Kier molecular flexibility index (Phi) is 4.93. The lowest BCUT2D eigenvalue weighted by Gasteiger charge is -2.12. The van der Waals surface area contributed by atoms with Crippen LogP contribution < -0.4 is 5.56 Å². The van der Waals surface area contributed by atoms with E-state index in [0.717, 1.165) is 5.56 Å². The number of carbonyl (C=O) groups excluding carboxylic acids is 2. The van der Waals surface area contributed by atoms with E-state index in [0.29, 0.717) is 22.4 Å². The van der Waals surface area contributed by atoms with Crippen molar-refractivity contribution in [3.63, 3.8) is 0 Å². The number of fused-ring (bicyclic) bond motifs is 1. The fourth-order valence-electron chi connectivity index (χ4n) is 3.28. The maximum Gasteiger partial charge on any atom is 0.338 e. The van der Waals surface area contributed by atoms with E-state index in [4.69, 9.17) is 4.74 Å². The van der Waals surface area contributed by atoms with Crippen molar-refractivity contribution in [3.8, 4) is 11.6 Å². The Balaban J connectivity index is 1.74. The van der Waals surface area contributed by atoms with Crippen LogP contribution in [0.4, 0.5) is 0 Å². The third-order valence-electron chi connectivity index (χ3n) is 4.77. The van der Waals surface area contributed by atoms with Gasteiger partial charge in [0.1, 0.15) is 5.56 Å². The second kappa shape index (κ2) is 7.71. The minimum absolute atomic E-state index is 0.0297. The molecule has 150 valence electrons. The number of ether oxygens (including phenoxy) is 1. The molecule has 0 fully saturated rings. The van der Waals surface area contributed by atoms with Gasteiger partial charge in [-0.25, -0.2) is 9.48 Å². The quantitative estimate of drug-likeness (QED) is 0.516. The van der Waals surface area contributed by atoms with Gasteiger partial charge in [-0.15, -0.1) is 0 Å². The highest BCUT2D eigenvalue weighted by molar-refractivity contribution is 6.33. The molecule has 2 N–H and O–H groups in total. The van der Waals surface area contributed by atoms with Crippen LogP contribution in [0.15, 0.2) is 59.4 Å². The number of hydrogen-bond donors (Lipinski definition) is 2. The molecule has 4 rings (SSSR count). The molecule has 0 saturated carbocycles. The lowest BCUT2D eigenvalue weighted by atomic mass is 9.90. The average Bonchev–Trinajstić information content (AvgIpc) is 3.04. The van der Waals surface area contributed by atoms with Gasteiger partial charge < -0.3 is 9.84 Å². The smallest absolute Gasteiger partial charge is 0.338 e. The Morgan fingerprint density at radius 3 is 2.57 bits per heavy atom. The molecule has 0 bridgehead atoms. The molecule has 0 aliphatic heterocycles. The summed E-state index contributed by atoms with van der Waals surface area (Å²) >= 11 is 0. The number of ketones is 1. The van der Waals surface area contributed by atoms with Crippen LogP contribution in [0.1, 0.15) is 34.0 Å². The normalized spacial score (nSPS) is 14.0. The molecule has 7 heteroatoms. The fourth-order valence-corrected chi connectivity index (χ4v) is 3.28. The monoisotopic (exact) mass is 402 g/mol. The van der Waals surface area contributed by atoms with Crippen LogP contribution >= 0.6 is 0 Å². The van der Waals surface area contributed by atoms with Crippen molar-refractivity contribution in [1.82, 2.24) is 9.78 Å². The van der Waals surface area contributed by atoms with E-state index < -0.39 is 11.5 Å². The summed E-state index contributed by atoms with van der Waals surface area (Å²) in [4.78, 5) is 36.7. The number of aromatic hydroxyl groups is 1. The van der Waals surface area contributed by atoms with Gasteiger partial charge in [-0.05, 0) is 54.5 Å². The summed E-state index contributed by atoms with van der Waals surface area (Å²) in [6.07, 6.45) is 4.54. The fraction of sp³-hybridized carbons (Fsp3) is 0.0870. The number of allylic oxidation sites excluding steroid dienone is 2. The van der Waals surface area contributed by atoms with E-state index in [1.54, 1.807) is 37.3 Å². The van der Waals surface area contributed by atoms with E-state index in [1.807, 2.05) is 12.1 Å². The molecule has 0 radical (unpaired) electrons. The van der Waals surface area contributed by atoms with E-state index in [1.165, 1.54) is 29.0 Å². The Labute approximate surface area is 171 Å². The van der Waals surface area contributed by atoms with Crippen molar-refractivity contribution in [3.05, 3.63) is 87.2 Å². The highest BCUT2D eigenvalue weighted by atomic mass is 16.5. The van der Waals surface area contributed by atoms with Crippen LogP contribution in [0.3, 0.4) is 0 Å². The maximum atomic E-state index is 12.5. The Morgan fingerprint density at radius 1 is 1.10 bits per heavy atom. The zero-order chi connectivity index (χ0) is 21.3. The number of hydrogen-bond acceptors (Lipinski definition) is 5. The predicted molar refractivity (Wildman–Crippen MR) is 112 cm³/mol. The number of nitrogens with zero attached hydrogens (tertiary/aromatic N) is 1. The van der Waals surface area contributed by atoms with E-state index >= 15 is 0 Å². The first-order valence-electron chi connectivity index (χ1n) is 9.34. The van der Waals surface area contributed by atoms with Gasteiger partial charge >= 0.3 is 5.97 Å². The Hall–Kier alpha value is -4.13. The predicted octanol–water partition coefficient (Wildman–Crippen LogP) is 3.18. The van der Waals surface area contributed by atoms with Gasteiger partial charge in [0, 0.05) is 5.57 Å². The number of rotatable bonds is 4. The van der Waals surface area contributed by atoms with E-state index in [9.17, 15) is 19.5 Å². The molecule has 0 spiro atoms. The number of aromatic amines is 1. The molecule has 3 aromatic rings. The van der Waals surface area contributed by atoms with Crippen molar-refractivity contribution < 1.29 is 19.4 Å². The molecule has 2 aromatic carbocycles. The van der Waals surface area contributed by atoms with Crippen molar-refractivity contribution in [2.75, 3.05) is 6.61 Å². The standard InChI is InChI=1S/C23H18N2O5/c1-2-30-23(29)15-7-10-16(11-8-15)25-22(28)19(21(27)24-25)13-18-17-6-4-3-5-14(17)9-12-20(18)26/h3-13,28H,2H2,1H3,(H,24,27). The van der Waals surface area contributed by atoms with Gasteiger partial charge in [0.05, 0.1) is 17.9 Å². The molecule has 1 heterocycles. The largest absolute Gasteiger partial charge is 0.493 e. The summed E-state index contributed by atoms with van der Waals surface area (Å²) in [5, 5.41) is 13.2. The van der Waals surface area contributed by atoms with Gasteiger partial charge in [-0.2, -0.15) is 0 Å². The second-order valence-electron chi connectivity index (χ2n) is 6.62. The van der Waals surface area contributed by atoms with Crippen molar-refractivity contribution in [2.45, 2.75) is 6.92 Å². The first-order valence-corrected chi connectivity index (χ1v) is 9.34. The zero-order valence-electron chi connectivity index (χ0n) is 16.1. The molecule has 0 atom stereocenters. The van der Waals surface area contributed by atoms with Crippen LogP contribution in [0, 0.1) is 0 Å². The number of benzene rings is 2. The van der Waals surface area contributed by atoms with Gasteiger partial charge in [-0.3, -0.25) is 14.7 Å². The Bertz CT molecular complexity index is 1260. The summed E-state index contributed by atoms with van der Waals surface area (Å²) in [5.41, 5.74) is 2.09. The molecule has 0 amide bonds. The third kappa shape index (κ3) is 3.37. The van der Waals surface area contributed by atoms with E-state index in [2.05, 4.69) is 5.10 Å². The van der Waals surface area contributed by atoms with Crippen LogP contribution in [-0.4, -0.2) is 33.2 Å². The first kappa shape index (κ1) is 19.2. The molecule has 1 aliphatic rings. The molecule has 1 aliphatic carbocycles. The molecular weight excluding hydrogens is 384 g/mol. The van der Waals surface area contributed by atoms with Gasteiger partial charge in [0.15, 0.2) is 5.78 Å². The average molecular weight is 402 g/mol. The number of esters is 1. The number of H-pyrrole nitrogens is 1. The van der Waals surface area contributed by atoms with Crippen LogP contribution in [0.5, 0.6) is 5.88 Å². The van der Waals surface area contributed by atoms with Crippen molar-refractivity contribution in [1.29, 1.82) is 0 Å². The SMILES string of the molecule is CCOC(=O)c1ccc(-n2[nH]c(=O)c(C=C3C(=O)C=Cc4ccccc43)c2O)cc1. The van der Waals surface area contributed by atoms with Crippen molar-refractivity contribution >= 4 is 29.5 Å². The third-order valence-corrected chi connectivity index (χ3v) is 4.77. The first-order chi connectivity index (χ1) is 14.5. The second-order valence-corrected chi connectivity index (χ2v) is 6.62. The highest BCUT2D eigenvalue weighted by Gasteiger charge is 2.20.